The van der Waals surface area contributed by atoms with E-state index in [1.54, 1.807) is 11.6 Å². The number of amides is 3. The van der Waals surface area contributed by atoms with Crippen LogP contribution < -0.4 is 27.0 Å². The highest BCUT2D eigenvalue weighted by atomic mass is 16.2. The number of imidazole rings is 1. The Morgan fingerprint density at radius 3 is 2.41 bits per heavy atom. The molecule has 0 radical (unpaired) electrons. The van der Waals surface area contributed by atoms with Gasteiger partial charge in [0.05, 0.1) is 23.1 Å². The number of fused-ring (bicyclic) bond motifs is 2. The van der Waals surface area contributed by atoms with Crippen LogP contribution >= 0.6 is 0 Å². The molecule has 13 heteroatoms. The molecule has 5 aromatic rings. The van der Waals surface area contributed by atoms with Crippen molar-refractivity contribution in [3.8, 4) is 11.8 Å². The van der Waals surface area contributed by atoms with Crippen LogP contribution in [0.2, 0.25) is 0 Å². The van der Waals surface area contributed by atoms with Crippen molar-refractivity contribution in [2.45, 2.75) is 89.8 Å². The first-order valence-corrected chi connectivity index (χ1v) is 23.7. The maximum Gasteiger partial charge on any atom is 0.329 e. The summed E-state index contributed by atoms with van der Waals surface area (Å²) in [6.45, 7) is 10.2. The largest absolute Gasteiger partial charge is 0.380 e. The van der Waals surface area contributed by atoms with Crippen molar-refractivity contribution in [3.63, 3.8) is 0 Å². The Hall–Kier alpha value is -6.07. The first-order valence-electron chi connectivity index (χ1n) is 23.7. The van der Waals surface area contributed by atoms with E-state index in [1.807, 2.05) is 57.4 Å². The fourth-order valence-electron chi connectivity index (χ4n) is 9.18. The van der Waals surface area contributed by atoms with Crippen molar-refractivity contribution in [2.24, 2.45) is 13.0 Å². The van der Waals surface area contributed by atoms with Crippen LogP contribution in [-0.2, 0) is 27.9 Å². The minimum absolute atomic E-state index is 0.0617. The van der Waals surface area contributed by atoms with Crippen LogP contribution in [0.15, 0.2) is 77.6 Å². The van der Waals surface area contributed by atoms with Crippen LogP contribution in [0.1, 0.15) is 103 Å². The van der Waals surface area contributed by atoms with E-state index in [4.69, 9.17) is 0 Å². The van der Waals surface area contributed by atoms with Gasteiger partial charge in [0.2, 0.25) is 11.8 Å². The first-order chi connectivity index (χ1) is 31.9. The van der Waals surface area contributed by atoms with Crippen molar-refractivity contribution in [1.29, 1.82) is 0 Å². The lowest BCUT2D eigenvalue weighted by Gasteiger charge is -2.29. The minimum Gasteiger partial charge on any atom is -0.380 e. The maximum atomic E-state index is 13.4. The highest BCUT2D eigenvalue weighted by Gasteiger charge is 2.31. The Labute approximate surface area is 388 Å². The molecular formula is C53H66N8O5. The molecule has 0 spiro atoms. The average molecular weight is 895 g/mol. The van der Waals surface area contributed by atoms with E-state index in [0.29, 0.717) is 30.4 Å². The third-order valence-corrected chi connectivity index (χ3v) is 13.2. The predicted molar refractivity (Wildman–Crippen MR) is 263 cm³/mol. The number of nitrogens with one attached hydrogen (secondary N) is 4. The number of imide groups is 1. The number of anilines is 1. The van der Waals surface area contributed by atoms with E-state index in [9.17, 15) is 24.0 Å². The van der Waals surface area contributed by atoms with Gasteiger partial charge >= 0.3 is 5.69 Å². The second kappa shape index (κ2) is 22.4. The number of hydrogen-bond donors (Lipinski definition) is 4. The van der Waals surface area contributed by atoms with Crippen molar-refractivity contribution in [2.75, 3.05) is 58.7 Å². The number of carbonyl (C=O) groups excluding carboxylic acids is 4. The second-order valence-corrected chi connectivity index (χ2v) is 18.4. The summed E-state index contributed by atoms with van der Waals surface area (Å²) in [5, 5.41) is 14.6. The molecule has 13 nitrogen and oxygen atoms in total. The van der Waals surface area contributed by atoms with Gasteiger partial charge < -0.3 is 30.5 Å². The Morgan fingerprint density at radius 1 is 0.924 bits per heavy atom. The molecule has 0 saturated carbocycles. The van der Waals surface area contributed by atoms with Gasteiger partial charge in [0, 0.05) is 55.7 Å². The van der Waals surface area contributed by atoms with Crippen LogP contribution in [0.25, 0.3) is 21.8 Å². The van der Waals surface area contributed by atoms with Gasteiger partial charge in [-0.15, -0.1) is 0 Å². The Morgan fingerprint density at radius 2 is 1.70 bits per heavy atom. The fourth-order valence-corrected chi connectivity index (χ4v) is 9.18. The average Bonchev–Trinajstić information content (AvgIpc) is 3.54. The third-order valence-electron chi connectivity index (χ3n) is 13.2. The molecule has 2 atom stereocenters. The normalized spacial score (nSPS) is 17.3. The Bertz CT molecular complexity index is 2660. The van der Waals surface area contributed by atoms with E-state index in [-0.39, 0.29) is 30.0 Å². The van der Waals surface area contributed by atoms with Crippen LogP contribution in [0.3, 0.4) is 0 Å². The minimum atomic E-state index is -0.631. The van der Waals surface area contributed by atoms with Crippen LogP contribution in [0.5, 0.6) is 0 Å². The summed E-state index contributed by atoms with van der Waals surface area (Å²) in [4.78, 5) is 64.8. The molecule has 4 heterocycles. The zero-order valence-corrected chi connectivity index (χ0v) is 39.3. The van der Waals surface area contributed by atoms with Gasteiger partial charge in [0.25, 0.3) is 5.91 Å². The summed E-state index contributed by atoms with van der Waals surface area (Å²) < 4.78 is 3.09. The van der Waals surface area contributed by atoms with Crippen molar-refractivity contribution < 1.29 is 19.2 Å². The number of rotatable bonds is 15. The number of unbranched alkanes of at least 4 members (excludes halogenated alkanes) is 2. The van der Waals surface area contributed by atoms with Gasteiger partial charge in [-0.2, -0.15) is 0 Å². The molecule has 3 saturated heterocycles. The molecule has 348 valence electrons. The second-order valence-electron chi connectivity index (χ2n) is 18.4. The monoisotopic (exact) mass is 895 g/mol. The maximum absolute atomic E-state index is 13.4. The number of likely N-dealkylation sites (tertiary alicyclic amines) is 1. The third kappa shape index (κ3) is 11.8. The molecule has 4 N–H and O–H groups in total. The number of benzene rings is 4. The molecule has 2 unspecified atom stereocenters. The molecule has 3 fully saturated rings. The summed E-state index contributed by atoms with van der Waals surface area (Å²) in [5.74, 6) is 6.72. The topological polar surface area (TPSA) is 150 Å². The Kier molecular flexibility index (Phi) is 16.3. The molecule has 66 heavy (non-hydrogen) atoms. The van der Waals surface area contributed by atoms with Gasteiger partial charge in [0.1, 0.15) is 12.3 Å². The Balaban J connectivity index is 0.000000221. The van der Waals surface area contributed by atoms with E-state index < -0.39 is 11.9 Å². The van der Waals surface area contributed by atoms with Gasteiger partial charge in [-0.3, -0.25) is 28.8 Å². The number of hydrogen-bond acceptors (Lipinski definition) is 9. The molecule has 0 aliphatic carbocycles. The number of piperidine rings is 2. The van der Waals surface area contributed by atoms with E-state index in [2.05, 4.69) is 86.2 Å². The lowest BCUT2D eigenvalue weighted by atomic mass is 9.94. The number of aryl methyl sites for hydroxylation is 3. The molecule has 3 amide bonds. The standard InChI is InChI=1S/C35H42N4O2.C18H24N4O3/c1-25-10-14-29(38-30-23-36-24-30)22-34(25)35(41)37-26(2)31-15-13-28(32-8-4-5-9-33(31)32)12-11-27-16-19-39(20-17-27)18-6-3-7-21-40;1-20(2)10-4-5-12-6-7-13-15(11-12)21(3)18(25)22(13)14-8-9-16(23)19-17(14)24/h4-5,8-10,13-15,21-22,26-27,30,36,38H,3,6-7,16-20,23-24H2,1-2H3,(H,37,41);6-7,11,14H,4-5,8-10H2,1-3H3,(H,19,23,24). The number of nitrogens with zero attached hydrogens (tertiary/aromatic N) is 4. The van der Waals surface area contributed by atoms with E-state index in [0.717, 1.165) is 128 Å². The SMILES string of the molecule is CN(C)CCCc1ccc2c(c1)n(C)c(=O)n2C1CCC(=O)NC1=O.Cc1ccc(NC2CNC2)cc1C(=O)NC(C)c1ccc(C#CC2CCN(CCCCC=O)CC2)c2ccccc12. The van der Waals surface area contributed by atoms with Gasteiger partial charge in [-0.1, -0.05) is 54.3 Å². The van der Waals surface area contributed by atoms with E-state index >= 15 is 0 Å². The van der Waals surface area contributed by atoms with E-state index in [1.165, 1.54) is 10.1 Å². The molecule has 4 aromatic carbocycles. The predicted octanol–water partition coefficient (Wildman–Crippen LogP) is 6.27. The zero-order chi connectivity index (χ0) is 46.7. The summed E-state index contributed by atoms with van der Waals surface area (Å²) in [6.07, 6.45) is 8.53. The summed E-state index contributed by atoms with van der Waals surface area (Å²) in [5.41, 5.74) is 7.28. The molecular weight excluding hydrogens is 829 g/mol. The van der Waals surface area contributed by atoms with Gasteiger partial charge in [0.15, 0.2) is 0 Å². The van der Waals surface area contributed by atoms with Crippen LogP contribution in [-0.4, -0.2) is 102 Å². The van der Waals surface area contributed by atoms with Crippen molar-refractivity contribution >= 4 is 51.5 Å². The highest BCUT2D eigenvalue weighted by molar-refractivity contribution is 6.00. The quantitative estimate of drug-likeness (QED) is 0.0413. The number of aromatic nitrogens is 2. The van der Waals surface area contributed by atoms with Gasteiger partial charge in [-0.25, -0.2) is 4.79 Å². The molecule has 1 aromatic heterocycles. The molecule has 3 aliphatic heterocycles. The van der Waals surface area contributed by atoms with Crippen LogP contribution in [0.4, 0.5) is 5.69 Å². The summed E-state index contributed by atoms with van der Waals surface area (Å²) in [7, 11) is 5.82. The lowest BCUT2D eigenvalue weighted by molar-refractivity contribution is -0.135. The smallest absolute Gasteiger partial charge is 0.329 e. The van der Waals surface area contributed by atoms with Crippen molar-refractivity contribution in [1.82, 2.24) is 34.9 Å². The fraction of sp³-hybridized carbons (Fsp3) is 0.453. The molecule has 8 rings (SSSR count). The zero-order valence-electron chi connectivity index (χ0n) is 39.3. The van der Waals surface area contributed by atoms with Gasteiger partial charge in [-0.05, 0) is 157 Å². The highest BCUT2D eigenvalue weighted by Crippen LogP contribution is 2.29. The van der Waals surface area contributed by atoms with Crippen molar-refractivity contribution in [3.05, 3.63) is 111 Å². The molecule has 0 bridgehead atoms. The summed E-state index contributed by atoms with van der Waals surface area (Å²) >= 11 is 0. The number of aldehydes is 1. The first kappa shape index (κ1) is 47.9. The lowest BCUT2D eigenvalue weighted by Crippen LogP contribution is -2.51. The number of carbonyl (C=O) groups is 4. The molecule has 3 aliphatic rings. The van der Waals surface area contributed by atoms with Crippen LogP contribution in [0, 0.1) is 24.7 Å². The summed E-state index contributed by atoms with van der Waals surface area (Å²) in [6, 6.07) is 24.2.